The van der Waals surface area contributed by atoms with E-state index in [1.807, 2.05) is 19.1 Å². The van der Waals surface area contributed by atoms with Crippen LogP contribution in [0.1, 0.15) is 23.1 Å². The summed E-state index contributed by atoms with van der Waals surface area (Å²) >= 11 is 0. The fourth-order valence-corrected chi connectivity index (χ4v) is 2.72. The van der Waals surface area contributed by atoms with Crippen LogP contribution in [0.3, 0.4) is 0 Å². The molecule has 0 fully saturated rings. The summed E-state index contributed by atoms with van der Waals surface area (Å²) in [5, 5.41) is 2.76. The van der Waals surface area contributed by atoms with Crippen molar-refractivity contribution in [3.63, 3.8) is 0 Å². The molecule has 0 saturated carbocycles. The van der Waals surface area contributed by atoms with E-state index in [2.05, 4.69) is 21.1 Å². The van der Waals surface area contributed by atoms with Crippen LogP contribution in [0.5, 0.6) is 11.6 Å². The number of aryl methyl sites for hydroxylation is 2. The average molecular weight is 348 g/mol. The molecule has 2 heterocycles. The van der Waals surface area contributed by atoms with Crippen LogP contribution in [0.15, 0.2) is 36.5 Å². The summed E-state index contributed by atoms with van der Waals surface area (Å²) in [6.07, 6.45) is 2.16. The van der Waals surface area contributed by atoms with Crippen LogP contribution in [-0.4, -0.2) is 23.6 Å². The van der Waals surface area contributed by atoms with Crippen LogP contribution in [0.4, 0.5) is 8.78 Å². The lowest BCUT2D eigenvalue weighted by Gasteiger charge is -2.25. The van der Waals surface area contributed by atoms with Gasteiger partial charge in [-0.15, -0.1) is 0 Å². The Hall–Kier alpha value is -2.70. The van der Waals surface area contributed by atoms with Gasteiger partial charge in [-0.2, -0.15) is 8.78 Å². The van der Waals surface area contributed by atoms with E-state index in [4.69, 9.17) is 4.74 Å². The van der Waals surface area contributed by atoms with E-state index in [1.165, 1.54) is 12.3 Å². The molecule has 0 spiro atoms. The van der Waals surface area contributed by atoms with E-state index >= 15 is 0 Å². The van der Waals surface area contributed by atoms with E-state index in [9.17, 15) is 13.6 Å². The van der Waals surface area contributed by atoms with Gasteiger partial charge in [0.25, 0.3) is 5.91 Å². The molecule has 0 saturated heterocycles. The van der Waals surface area contributed by atoms with Crippen molar-refractivity contribution in [2.24, 2.45) is 0 Å². The van der Waals surface area contributed by atoms with Crippen molar-refractivity contribution in [2.45, 2.75) is 39.0 Å². The maximum Gasteiger partial charge on any atom is 0.388 e. The summed E-state index contributed by atoms with van der Waals surface area (Å²) in [6.45, 7) is -0.738. The Morgan fingerprint density at radius 1 is 1.40 bits per heavy atom. The Kier molecular flexibility index (Phi) is 5.11. The third-order valence-corrected chi connectivity index (χ3v) is 3.93. The highest BCUT2D eigenvalue weighted by molar-refractivity contribution is 5.81. The zero-order valence-electron chi connectivity index (χ0n) is 13.7. The minimum absolute atomic E-state index is 0.181. The molecular weight excluding hydrogens is 330 g/mol. The van der Waals surface area contributed by atoms with Gasteiger partial charge in [-0.3, -0.25) is 4.79 Å². The summed E-state index contributed by atoms with van der Waals surface area (Å²) in [5.74, 6) is 0.313. The summed E-state index contributed by atoms with van der Waals surface area (Å²) in [7, 11) is 0. The molecule has 1 aliphatic heterocycles. The Morgan fingerprint density at radius 2 is 2.24 bits per heavy atom. The number of aromatic nitrogens is 1. The standard InChI is InChI=1S/C18H18F2N2O3/c1-11-2-4-14-13(8-11)3-5-15(24-14)17(23)22-10-12-6-7-21-16(9-12)25-18(19)20/h2,4,6-9,15,18H,3,5,10H2,1H3,(H,22,23). The molecule has 1 aromatic heterocycles. The van der Waals surface area contributed by atoms with Gasteiger partial charge in [-0.05, 0) is 43.0 Å². The van der Waals surface area contributed by atoms with Crippen LogP contribution in [0.2, 0.25) is 0 Å². The maximum atomic E-state index is 12.3. The maximum absolute atomic E-state index is 12.3. The summed E-state index contributed by atoms with van der Waals surface area (Å²) in [6, 6.07) is 8.87. The van der Waals surface area contributed by atoms with E-state index < -0.39 is 12.7 Å². The largest absolute Gasteiger partial charge is 0.480 e. The number of benzene rings is 1. The SMILES string of the molecule is Cc1ccc2c(c1)CCC(C(=O)NCc1ccnc(OC(F)F)c1)O2. The van der Waals surface area contributed by atoms with Gasteiger partial charge in [0, 0.05) is 18.8 Å². The van der Waals surface area contributed by atoms with Gasteiger partial charge >= 0.3 is 6.61 Å². The Labute approximate surface area is 144 Å². The van der Waals surface area contributed by atoms with Gasteiger partial charge < -0.3 is 14.8 Å². The highest BCUT2D eigenvalue weighted by atomic mass is 19.3. The van der Waals surface area contributed by atoms with Crippen molar-refractivity contribution in [3.8, 4) is 11.6 Å². The molecule has 1 amide bonds. The molecule has 2 aromatic rings. The van der Waals surface area contributed by atoms with Crippen molar-refractivity contribution in [1.29, 1.82) is 0 Å². The molecule has 3 rings (SSSR count). The molecule has 7 heteroatoms. The summed E-state index contributed by atoms with van der Waals surface area (Å²) < 4.78 is 34.4. The van der Waals surface area contributed by atoms with E-state index in [0.29, 0.717) is 12.0 Å². The van der Waals surface area contributed by atoms with E-state index in [-0.39, 0.29) is 18.3 Å². The van der Waals surface area contributed by atoms with Gasteiger partial charge in [0.15, 0.2) is 6.10 Å². The number of alkyl halides is 2. The quantitative estimate of drug-likeness (QED) is 0.902. The monoisotopic (exact) mass is 348 g/mol. The highest BCUT2D eigenvalue weighted by Crippen LogP contribution is 2.28. The average Bonchev–Trinajstić information content (AvgIpc) is 2.59. The minimum atomic E-state index is -2.93. The second kappa shape index (κ2) is 7.46. The predicted octanol–water partition coefficient (Wildman–Crippen LogP) is 3.00. The molecule has 0 bridgehead atoms. The van der Waals surface area contributed by atoms with Crippen molar-refractivity contribution < 1.29 is 23.0 Å². The number of nitrogens with one attached hydrogen (secondary N) is 1. The first-order valence-corrected chi connectivity index (χ1v) is 7.95. The molecule has 1 atom stereocenters. The van der Waals surface area contributed by atoms with Crippen LogP contribution < -0.4 is 14.8 Å². The number of carbonyl (C=O) groups excluding carboxylic acids is 1. The lowest BCUT2D eigenvalue weighted by Crippen LogP contribution is -2.40. The highest BCUT2D eigenvalue weighted by Gasteiger charge is 2.25. The first kappa shape index (κ1) is 17.1. The zero-order valence-corrected chi connectivity index (χ0v) is 13.7. The molecule has 1 aromatic carbocycles. The molecular formula is C18H18F2N2O3. The van der Waals surface area contributed by atoms with Gasteiger partial charge in [0.05, 0.1) is 0 Å². The first-order valence-electron chi connectivity index (χ1n) is 7.95. The topological polar surface area (TPSA) is 60.5 Å². The number of rotatable bonds is 5. The van der Waals surface area contributed by atoms with Gasteiger partial charge in [0.2, 0.25) is 5.88 Å². The van der Waals surface area contributed by atoms with Crippen molar-refractivity contribution in [2.75, 3.05) is 0 Å². The number of halogens is 2. The predicted molar refractivity (Wildman–Crippen MR) is 86.6 cm³/mol. The number of hydrogen-bond donors (Lipinski definition) is 1. The van der Waals surface area contributed by atoms with Crippen molar-refractivity contribution in [1.82, 2.24) is 10.3 Å². The molecule has 0 aliphatic carbocycles. The normalized spacial score (nSPS) is 16.1. The molecule has 1 N–H and O–H groups in total. The first-order chi connectivity index (χ1) is 12.0. The lowest BCUT2D eigenvalue weighted by molar-refractivity contribution is -0.128. The van der Waals surface area contributed by atoms with E-state index in [0.717, 1.165) is 23.3 Å². The molecule has 25 heavy (non-hydrogen) atoms. The number of nitrogens with zero attached hydrogens (tertiary/aromatic N) is 1. The van der Waals surface area contributed by atoms with E-state index in [1.54, 1.807) is 6.07 Å². The lowest BCUT2D eigenvalue weighted by atomic mass is 10.00. The van der Waals surface area contributed by atoms with Crippen molar-refractivity contribution >= 4 is 5.91 Å². The molecule has 132 valence electrons. The van der Waals surface area contributed by atoms with Crippen molar-refractivity contribution in [3.05, 3.63) is 53.2 Å². The fourth-order valence-electron chi connectivity index (χ4n) is 2.72. The number of pyridine rings is 1. The smallest absolute Gasteiger partial charge is 0.388 e. The zero-order chi connectivity index (χ0) is 17.8. The van der Waals surface area contributed by atoms with Crippen LogP contribution in [0, 0.1) is 6.92 Å². The Bertz CT molecular complexity index is 768. The summed E-state index contributed by atoms with van der Waals surface area (Å²) in [4.78, 5) is 16.0. The third-order valence-electron chi connectivity index (χ3n) is 3.93. The summed E-state index contributed by atoms with van der Waals surface area (Å²) in [5.41, 5.74) is 2.88. The second-order valence-electron chi connectivity index (χ2n) is 5.85. The number of fused-ring (bicyclic) bond motifs is 1. The molecule has 0 radical (unpaired) electrons. The molecule has 1 unspecified atom stereocenters. The Morgan fingerprint density at radius 3 is 3.04 bits per heavy atom. The number of amides is 1. The van der Waals surface area contributed by atoms with Crippen LogP contribution in [-0.2, 0) is 17.8 Å². The second-order valence-corrected chi connectivity index (χ2v) is 5.85. The number of hydrogen-bond acceptors (Lipinski definition) is 4. The van der Waals surface area contributed by atoms with Crippen LogP contribution in [0.25, 0.3) is 0 Å². The van der Waals surface area contributed by atoms with Gasteiger partial charge in [-0.25, -0.2) is 4.98 Å². The van der Waals surface area contributed by atoms with Gasteiger partial charge in [0.1, 0.15) is 5.75 Å². The number of carbonyl (C=O) groups is 1. The molecule has 1 aliphatic rings. The third kappa shape index (κ3) is 4.43. The fraction of sp³-hybridized carbons (Fsp3) is 0.333. The minimum Gasteiger partial charge on any atom is -0.480 e. The Balaban J connectivity index is 1.57. The number of ether oxygens (including phenoxy) is 2. The van der Waals surface area contributed by atoms with Gasteiger partial charge in [-0.1, -0.05) is 17.7 Å². The molecule has 5 nitrogen and oxygen atoms in total. The van der Waals surface area contributed by atoms with Crippen LogP contribution >= 0.6 is 0 Å².